The van der Waals surface area contributed by atoms with Crippen molar-refractivity contribution in [2.24, 2.45) is 10.9 Å². The monoisotopic (exact) mass is 213 g/mol. The van der Waals surface area contributed by atoms with E-state index in [0.29, 0.717) is 11.7 Å². The maximum atomic E-state index is 11.8. The largest absolute Gasteiger partial charge is 0.295 e. The van der Waals surface area contributed by atoms with Crippen molar-refractivity contribution in [2.75, 3.05) is 6.54 Å². The zero-order chi connectivity index (χ0) is 10.7. The Labute approximate surface area is 95.1 Å². The molecular formula is C14H15NO. The Kier molecular flexibility index (Phi) is 1.63. The first-order chi connectivity index (χ1) is 7.84. The minimum Gasteiger partial charge on any atom is -0.295 e. The molecule has 0 bridgehead atoms. The molecule has 1 atom stereocenters. The fourth-order valence-corrected chi connectivity index (χ4v) is 3.84. The van der Waals surface area contributed by atoms with Crippen molar-refractivity contribution in [2.45, 2.75) is 38.5 Å². The molecule has 16 heavy (non-hydrogen) atoms. The maximum absolute atomic E-state index is 11.8. The SMILES string of the molecule is O=C1CCC2=C1CC1CN=C3CCCC2=C31. The number of rotatable bonds is 0. The number of Topliss-reactive ketones (excluding diaryl/α,β-unsaturated/α-hetero) is 1. The van der Waals surface area contributed by atoms with Crippen molar-refractivity contribution >= 4 is 11.5 Å². The van der Waals surface area contributed by atoms with Crippen LogP contribution in [0.15, 0.2) is 27.3 Å². The minimum atomic E-state index is 0.417. The van der Waals surface area contributed by atoms with Crippen LogP contribution in [-0.2, 0) is 4.79 Å². The summed E-state index contributed by atoms with van der Waals surface area (Å²) < 4.78 is 0. The first kappa shape index (κ1) is 8.91. The molecule has 2 nitrogen and oxygen atoms in total. The predicted octanol–water partition coefficient (Wildman–Crippen LogP) is 2.60. The number of fused-ring (bicyclic) bond motifs is 1. The fourth-order valence-electron chi connectivity index (χ4n) is 3.84. The van der Waals surface area contributed by atoms with Gasteiger partial charge in [-0.25, -0.2) is 0 Å². The van der Waals surface area contributed by atoms with Crippen molar-refractivity contribution < 1.29 is 4.79 Å². The van der Waals surface area contributed by atoms with Gasteiger partial charge < -0.3 is 0 Å². The number of aliphatic imine (C=N–C) groups is 1. The lowest BCUT2D eigenvalue weighted by molar-refractivity contribution is -0.115. The van der Waals surface area contributed by atoms with E-state index >= 15 is 0 Å². The molecule has 0 saturated heterocycles. The number of allylic oxidation sites excluding steroid dienone is 3. The summed E-state index contributed by atoms with van der Waals surface area (Å²) in [5.74, 6) is 0.978. The summed E-state index contributed by atoms with van der Waals surface area (Å²) in [6.45, 7) is 0.943. The van der Waals surface area contributed by atoms with Crippen LogP contribution < -0.4 is 0 Å². The van der Waals surface area contributed by atoms with E-state index in [1.807, 2.05) is 0 Å². The van der Waals surface area contributed by atoms with Crippen LogP contribution >= 0.6 is 0 Å². The van der Waals surface area contributed by atoms with Gasteiger partial charge in [0.2, 0.25) is 0 Å². The number of carbonyl (C=O) groups excluding carboxylic acids is 1. The molecule has 0 N–H and O–H groups in total. The highest BCUT2D eigenvalue weighted by atomic mass is 16.1. The maximum Gasteiger partial charge on any atom is 0.159 e. The quantitative estimate of drug-likeness (QED) is 0.608. The second-order valence-corrected chi connectivity index (χ2v) is 5.31. The summed E-state index contributed by atoms with van der Waals surface area (Å²) in [4.78, 5) is 16.5. The molecule has 0 aromatic heterocycles. The number of ketones is 1. The van der Waals surface area contributed by atoms with Gasteiger partial charge in [0, 0.05) is 24.6 Å². The van der Waals surface area contributed by atoms with Gasteiger partial charge in [-0.3, -0.25) is 9.79 Å². The highest BCUT2D eigenvalue weighted by molar-refractivity contribution is 6.07. The molecular weight excluding hydrogens is 198 g/mol. The molecule has 2 heteroatoms. The van der Waals surface area contributed by atoms with E-state index in [4.69, 9.17) is 0 Å². The van der Waals surface area contributed by atoms with Gasteiger partial charge in [0.1, 0.15) is 0 Å². The highest BCUT2D eigenvalue weighted by Crippen LogP contribution is 2.47. The number of hydrogen-bond acceptors (Lipinski definition) is 2. The summed E-state index contributed by atoms with van der Waals surface area (Å²) >= 11 is 0. The molecule has 0 fully saturated rings. The van der Waals surface area contributed by atoms with Crippen molar-refractivity contribution in [3.63, 3.8) is 0 Å². The molecule has 4 aliphatic rings. The Balaban J connectivity index is 1.92. The Hall–Kier alpha value is -1.18. The predicted molar refractivity (Wildman–Crippen MR) is 62.6 cm³/mol. The molecule has 3 aliphatic carbocycles. The summed E-state index contributed by atoms with van der Waals surface area (Å²) in [5.41, 5.74) is 7.05. The standard InChI is InChI=1S/C14H15NO/c16-13-5-4-9-10-2-1-3-12-14(10)8(7-15-12)6-11(9)13/h8H,1-7H2. The summed E-state index contributed by atoms with van der Waals surface area (Å²) in [7, 11) is 0. The van der Waals surface area contributed by atoms with Crippen LogP contribution in [-0.4, -0.2) is 18.0 Å². The molecule has 0 saturated carbocycles. The zero-order valence-electron chi connectivity index (χ0n) is 9.38. The van der Waals surface area contributed by atoms with E-state index in [9.17, 15) is 4.79 Å². The minimum absolute atomic E-state index is 0.417. The summed E-state index contributed by atoms with van der Waals surface area (Å²) in [6.07, 6.45) is 6.35. The van der Waals surface area contributed by atoms with Gasteiger partial charge in [-0.15, -0.1) is 0 Å². The Bertz CT molecular complexity index is 493. The van der Waals surface area contributed by atoms with Crippen LogP contribution in [0, 0.1) is 5.92 Å². The van der Waals surface area contributed by atoms with Gasteiger partial charge in [0.15, 0.2) is 5.78 Å². The third-order valence-electron chi connectivity index (χ3n) is 4.50. The first-order valence-electron chi connectivity index (χ1n) is 6.37. The second kappa shape index (κ2) is 2.93. The van der Waals surface area contributed by atoms with E-state index in [0.717, 1.165) is 25.8 Å². The van der Waals surface area contributed by atoms with Crippen molar-refractivity contribution in [3.8, 4) is 0 Å². The fraction of sp³-hybridized carbons (Fsp3) is 0.571. The molecule has 1 unspecified atom stereocenters. The number of hydrogen-bond donors (Lipinski definition) is 0. The van der Waals surface area contributed by atoms with Gasteiger partial charge in [0.05, 0.1) is 0 Å². The summed E-state index contributed by atoms with van der Waals surface area (Å²) in [6, 6.07) is 0. The first-order valence-corrected chi connectivity index (χ1v) is 6.37. The molecule has 4 rings (SSSR count). The van der Waals surface area contributed by atoms with Gasteiger partial charge in [-0.05, 0) is 54.4 Å². The molecule has 1 aliphatic heterocycles. The third-order valence-corrected chi connectivity index (χ3v) is 4.50. The second-order valence-electron chi connectivity index (χ2n) is 5.31. The Morgan fingerprint density at radius 3 is 2.88 bits per heavy atom. The molecule has 0 aromatic rings. The third kappa shape index (κ3) is 0.977. The zero-order valence-corrected chi connectivity index (χ0v) is 9.38. The number of carbonyl (C=O) groups is 1. The van der Waals surface area contributed by atoms with E-state index in [-0.39, 0.29) is 0 Å². The van der Waals surface area contributed by atoms with E-state index < -0.39 is 0 Å². The smallest absolute Gasteiger partial charge is 0.159 e. The van der Waals surface area contributed by atoms with Crippen LogP contribution in [0.5, 0.6) is 0 Å². The van der Waals surface area contributed by atoms with Crippen LogP contribution in [0.1, 0.15) is 38.5 Å². The molecule has 0 spiro atoms. The Morgan fingerprint density at radius 1 is 1.00 bits per heavy atom. The van der Waals surface area contributed by atoms with E-state index in [2.05, 4.69) is 4.99 Å². The average molecular weight is 213 g/mol. The van der Waals surface area contributed by atoms with Gasteiger partial charge in [-0.2, -0.15) is 0 Å². The van der Waals surface area contributed by atoms with Crippen molar-refractivity contribution in [1.29, 1.82) is 0 Å². The molecule has 1 heterocycles. The van der Waals surface area contributed by atoms with Crippen LogP contribution in [0.25, 0.3) is 0 Å². The lowest BCUT2D eigenvalue weighted by Crippen LogP contribution is -2.21. The van der Waals surface area contributed by atoms with Crippen LogP contribution in [0.4, 0.5) is 0 Å². The van der Waals surface area contributed by atoms with Crippen molar-refractivity contribution in [1.82, 2.24) is 0 Å². The van der Waals surface area contributed by atoms with Gasteiger partial charge in [-0.1, -0.05) is 0 Å². The van der Waals surface area contributed by atoms with Gasteiger partial charge in [0.25, 0.3) is 0 Å². The van der Waals surface area contributed by atoms with Gasteiger partial charge >= 0.3 is 0 Å². The normalized spacial score (nSPS) is 31.9. The Morgan fingerprint density at radius 2 is 1.94 bits per heavy atom. The van der Waals surface area contributed by atoms with E-state index in [1.54, 1.807) is 5.57 Å². The lowest BCUT2D eigenvalue weighted by Gasteiger charge is -2.28. The topological polar surface area (TPSA) is 29.4 Å². The van der Waals surface area contributed by atoms with Crippen LogP contribution in [0.3, 0.4) is 0 Å². The highest BCUT2D eigenvalue weighted by Gasteiger charge is 2.39. The van der Waals surface area contributed by atoms with E-state index in [1.165, 1.54) is 41.7 Å². The molecule has 0 amide bonds. The van der Waals surface area contributed by atoms with Crippen LogP contribution in [0.2, 0.25) is 0 Å². The summed E-state index contributed by atoms with van der Waals surface area (Å²) in [5, 5.41) is 0. The number of nitrogens with zero attached hydrogens (tertiary/aromatic N) is 1. The molecule has 0 aromatic carbocycles. The molecule has 0 radical (unpaired) electrons. The van der Waals surface area contributed by atoms with Crippen molar-refractivity contribution in [3.05, 3.63) is 22.3 Å². The average Bonchev–Trinajstić information content (AvgIpc) is 2.87. The lowest BCUT2D eigenvalue weighted by atomic mass is 9.74. The molecule has 82 valence electrons.